The summed E-state index contributed by atoms with van der Waals surface area (Å²) in [6.07, 6.45) is 0. The highest BCUT2D eigenvalue weighted by Gasteiger charge is 1.96. The van der Waals surface area contributed by atoms with Crippen molar-refractivity contribution in [2.75, 3.05) is 13.2 Å². The minimum Gasteiger partial charge on any atom is -0.491 e. The maximum Gasteiger partial charge on any atom is 0.120 e. The van der Waals surface area contributed by atoms with Crippen molar-refractivity contribution in [1.82, 2.24) is 0 Å². The first-order valence-electron chi connectivity index (χ1n) is 3.74. The quantitative estimate of drug-likeness (QED) is 0.863. The molecule has 0 aromatic heterocycles. The lowest BCUT2D eigenvalue weighted by molar-refractivity contribution is 0.201. The predicted molar refractivity (Wildman–Crippen MR) is 51.5 cm³/mol. The maximum atomic E-state index is 8.51. The largest absolute Gasteiger partial charge is 0.491 e. The Morgan fingerprint density at radius 2 is 2.25 bits per heavy atom. The number of hydrogen-bond donors (Lipinski definition) is 1. The molecule has 1 N–H and O–H groups in total. The van der Waals surface area contributed by atoms with Gasteiger partial charge in [0, 0.05) is 4.47 Å². The molecule has 0 aliphatic heterocycles. The summed E-state index contributed by atoms with van der Waals surface area (Å²) >= 11 is 3.40. The number of hydrogen-bond acceptors (Lipinski definition) is 2. The van der Waals surface area contributed by atoms with Gasteiger partial charge in [-0.2, -0.15) is 0 Å². The van der Waals surface area contributed by atoms with Gasteiger partial charge in [0.25, 0.3) is 0 Å². The molecule has 0 unspecified atom stereocenters. The smallest absolute Gasteiger partial charge is 0.120 e. The molecule has 0 radical (unpaired) electrons. The zero-order chi connectivity index (χ0) is 8.97. The van der Waals surface area contributed by atoms with Crippen LogP contribution in [-0.2, 0) is 0 Å². The molecule has 0 fully saturated rings. The molecule has 0 spiro atoms. The van der Waals surface area contributed by atoms with E-state index >= 15 is 0 Å². The van der Waals surface area contributed by atoms with Crippen LogP contribution < -0.4 is 4.74 Å². The van der Waals surface area contributed by atoms with Crippen molar-refractivity contribution in [3.05, 3.63) is 28.2 Å². The standard InChI is InChI=1S/C9H11BrO2/c1-7-2-3-8(6-9(7)10)12-5-4-11/h2-3,6,11H,4-5H2,1H3. The summed E-state index contributed by atoms with van der Waals surface area (Å²) in [4.78, 5) is 0. The molecule has 0 amide bonds. The Kier molecular flexibility index (Phi) is 3.56. The Morgan fingerprint density at radius 1 is 1.50 bits per heavy atom. The molecule has 0 aliphatic carbocycles. The maximum absolute atomic E-state index is 8.51. The van der Waals surface area contributed by atoms with Gasteiger partial charge in [0.2, 0.25) is 0 Å². The number of rotatable bonds is 3. The van der Waals surface area contributed by atoms with Gasteiger partial charge in [0.05, 0.1) is 6.61 Å². The van der Waals surface area contributed by atoms with Gasteiger partial charge in [0.1, 0.15) is 12.4 Å². The van der Waals surface area contributed by atoms with E-state index in [9.17, 15) is 0 Å². The minimum absolute atomic E-state index is 0.0471. The van der Waals surface area contributed by atoms with E-state index < -0.39 is 0 Å². The third-order valence-electron chi connectivity index (χ3n) is 1.50. The van der Waals surface area contributed by atoms with Crippen molar-refractivity contribution in [3.8, 4) is 5.75 Å². The molecule has 66 valence electrons. The van der Waals surface area contributed by atoms with Crippen LogP contribution in [0.4, 0.5) is 0 Å². The van der Waals surface area contributed by atoms with E-state index in [1.807, 2.05) is 25.1 Å². The van der Waals surface area contributed by atoms with Crippen molar-refractivity contribution < 1.29 is 9.84 Å². The monoisotopic (exact) mass is 230 g/mol. The first-order chi connectivity index (χ1) is 5.74. The second-order valence-corrected chi connectivity index (χ2v) is 3.34. The van der Waals surface area contributed by atoms with Gasteiger partial charge in [0.15, 0.2) is 0 Å². The molecular weight excluding hydrogens is 220 g/mol. The summed E-state index contributed by atoms with van der Waals surface area (Å²) in [6, 6.07) is 5.75. The molecule has 1 rings (SSSR count). The summed E-state index contributed by atoms with van der Waals surface area (Å²) in [5, 5.41) is 8.51. The van der Waals surface area contributed by atoms with E-state index in [-0.39, 0.29) is 6.61 Å². The van der Waals surface area contributed by atoms with Crippen molar-refractivity contribution >= 4 is 15.9 Å². The van der Waals surface area contributed by atoms with Crippen LogP contribution in [0, 0.1) is 6.92 Å². The molecule has 1 aromatic carbocycles. The average Bonchev–Trinajstić information content (AvgIpc) is 2.07. The van der Waals surface area contributed by atoms with Crippen LogP contribution in [0.15, 0.2) is 22.7 Å². The molecule has 0 saturated heterocycles. The van der Waals surface area contributed by atoms with Crippen LogP contribution in [0.2, 0.25) is 0 Å². The van der Waals surface area contributed by atoms with E-state index in [1.165, 1.54) is 5.56 Å². The zero-order valence-electron chi connectivity index (χ0n) is 6.88. The van der Waals surface area contributed by atoms with Crippen LogP contribution in [0.1, 0.15) is 5.56 Å². The van der Waals surface area contributed by atoms with Crippen LogP contribution in [-0.4, -0.2) is 18.3 Å². The fourth-order valence-corrected chi connectivity index (χ4v) is 1.18. The van der Waals surface area contributed by atoms with Crippen LogP contribution in [0.25, 0.3) is 0 Å². The number of benzene rings is 1. The van der Waals surface area contributed by atoms with Crippen molar-refractivity contribution in [2.45, 2.75) is 6.92 Å². The lowest BCUT2D eigenvalue weighted by Gasteiger charge is -2.05. The Labute approximate surface area is 80.3 Å². The average molecular weight is 231 g/mol. The summed E-state index contributed by atoms with van der Waals surface area (Å²) < 4.78 is 6.24. The van der Waals surface area contributed by atoms with Crippen molar-refractivity contribution in [3.63, 3.8) is 0 Å². The van der Waals surface area contributed by atoms with Crippen LogP contribution in [0.5, 0.6) is 5.75 Å². The zero-order valence-corrected chi connectivity index (χ0v) is 8.47. The minimum atomic E-state index is 0.0471. The topological polar surface area (TPSA) is 29.5 Å². The molecule has 2 nitrogen and oxygen atoms in total. The summed E-state index contributed by atoms with van der Waals surface area (Å²) in [5.41, 5.74) is 1.17. The Bertz CT molecular complexity index is 261. The lowest BCUT2D eigenvalue weighted by atomic mass is 10.2. The van der Waals surface area contributed by atoms with Gasteiger partial charge in [-0.3, -0.25) is 0 Å². The SMILES string of the molecule is Cc1ccc(OCCO)cc1Br. The summed E-state index contributed by atoms with van der Waals surface area (Å²) in [6.45, 7) is 2.40. The van der Waals surface area contributed by atoms with Gasteiger partial charge in [-0.25, -0.2) is 0 Å². The Morgan fingerprint density at radius 3 is 2.83 bits per heavy atom. The number of aliphatic hydroxyl groups excluding tert-OH is 1. The highest BCUT2D eigenvalue weighted by molar-refractivity contribution is 9.10. The lowest BCUT2D eigenvalue weighted by Crippen LogP contribution is -2.01. The van der Waals surface area contributed by atoms with Crippen LogP contribution in [0.3, 0.4) is 0 Å². The molecular formula is C9H11BrO2. The van der Waals surface area contributed by atoms with E-state index in [0.29, 0.717) is 6.61 Å². The molecule has 0 saturated carbocycles. The summed E-state index contributed by atoms with van der Waals surface area (Å²) in [7, 11) is 0. The Hall–Kier alpha value is -0.540. The van der Waals surface area contributed by atoms with Crippen LogP contribution >= 0.6 is 15.9 Å². The van der Waals surface area contributed by atoms with Gasteiger partial charge in [-0.1, -0.05) is 22.0 Å². The second kappa shape index (κ2) is 4.48. The number of aryl methyl sites for hydroxylation is 1. The normalized spacial score (nSPS) is 9.92. The molecule has 0 bridgehead atoms. The van der Waals surface area contributed by atoms with Crippen molar-refractivity contribution in [2.24, 2.45) is 0 Å². The molecule has 0 heterocycles. The van der Waals surface area contributed by atoms with E-state index in [4.69, 9.17) is 9.84 Å². The highest BCUT2D eigenvalue weighted by Crippen LogP contribution is 2.21. The predicted octanol–water partition coefficient (Wildman–Crippen LogP) is 2.13. The fourth-order valence-electron chi connectivity index (χ4n) is 0.827. The second-order valence-electron chi connectivity index (χ2n) is 2.48. The van der Waals surface area contributed by atoms with Gasteiger partial charge >= 0.3 is 0 Å². The van der Waals surface area contributed by atoms with E-state index in [0.717, 1.165) is 10.2 Å². The third kappa shape index (κ3) is 2.50. The van der Waals surface area contributed by atoms with Gasteiger partial charge in [-0.05, 0) is 24.6 Å². The Balaban J connectivity index is 2.69. The van der Waals surface area contributed by atoms with E-state index in [1.54, 1.807) is 0 Å². The van der Waals surface area contributed by atoms with Crippen molar-refractivity contribution in [1.29, 1.82) is 0 Å². The highest BCUT2D eigenvalue weighted by atomic mass is 79.9. The number of halogens is 1. The van der Waals surface area contributed by atoms with Gasteiger partial charge in [-0.15, -0.1) is 0 Å². The fraction of sp³-hybridized carbons (Fsp3) is 0.333. The van der Waals surface area contributed by atoms with Gasteiger partial charge < -0.3 is 9.84 Å². The molecule has 0 aliphatic rings. The van der Waals surface area contributed by atoms with E-state index in [2.05, 4.69) is 15.9 Å². The summed E-state index contributed by atoms with van der Waals surface area (Å²) in [5.74, 6) is 0.779. The molecule has 1 aromatic rings. The molecule has 12 heavy (non-hydrogen) atoms. The third-order valence-corrected chi connectivity index (χ3v) is 2.36. The molecule has 0 atom stereocenters. The molecule has 3 heteroatoms. The first kappa shape index (κ1) is 9.55. The number of ether oxygens (including phenoxy) is 1. The number of aliphatic hydroxyl groups is 1. The first-order valence-corrected chi connectivity index (χ1v) is 4.53.